The van der Waals surface area contributed by atoms with Crippen molar-refractivity contribution in [1.82, 2.24) is 0 Å². The predicted octanol–water partition coefficient (Wildman–Crippen LogP) is 2.15. The van der Waals surface area contributed by atoms with Crippen molar-refractivity contribution >= 4 is 17.7 Å². The van der Waals surface area contributed by atoms with E-state index < -0.39 is 18.0 Å². The van der Waals surface area contributed by atoms with Gasteiger partial charge in [-0.05, 0) is 30.2 Å². The number of carbonyl (C=O) groups excluding carboxylic acids is 3. The first-order chi connectivity index (χ1) is 11.9. The quantitative estimate of drug-likeness (QED) is 0.491. The fraction of sp³-hybridized carbons (Fsp3) is 0.211. The minimum Gasteiger partial charge on any atom is -0.465 e. The van der Waals surface area contributed by atoms with Crippen LogP contribution in [-0.2, 0) is 16.0 Å². The first kappa shape index (κ1) is 18.4. The molecule has 0 heterocycles. The Labute approximate surface area is 145 Å². The minimum absolute atomic E-state index is 0.190. The number of esters is 2. The molecule has 0 saturated heterocycles. The number of ketones is 1. The van der Waals surface area contributed by atoms with Gasteiger partial charge in [0, 0.05) is 12.5 Å². The number of benzene rings is 2. The Morgan fingerprint density at radius 3 is 2.16 bits per heavy atom. The maximum atomic E-state index is 12.6. The molecule has 1 unspecified atom stereocenters. The Morgan fingerprint density at radius 1 is 1.00 bits per heavy atom. The van der Waals surface area contributed by atoms with Crippen molar-refractivity contribution in [3.05, 3.63) is 65.2 Å². The van der Waals surface area contributed by atoms with Gasteiger partial charge in [0.05, 0.1) is 18.7 Å². The van der Waals surface area contributed by atoms with Crippen molar-refractivity contribution < 1.29 is 23.9 Å². The van der Waals surface area contributed by atoms with E-state index >= 15 is 0 Å². The summed E-state index contributed by atoms with van der Waals surface area (Å²) < 4.78 is 9.65. The van der Waals surface area contributed by atoms with E-state index in [-0.39, 0.29) is 23.3 Å². The molecule has 25 heavy (non-hydrogen) atoms. The van der Waals surface area contributed by atoms with Gasteiger partial charge in [-0.25, -0.2) is 4.79 Å². The van der Waals surface area contributed by atoms with Crippen LogP contribution in [0.1, 0.15) is 33.2 Å². The first-order valence-electron chi connectivity index (χ1n) is 7.67. The summed E-state index contributed by atoms with van der Waals surface area (Å²) in [5.41, 5.74) is 7.26. The lowest BCUT2D eigenvalue weighted by molar-refractivity contribution is -0.131. The van der Waals surface area contributed by atoms with Gasteiger partial charge in [-0.2, -0.15) is 0 Å². The topological polar surface area (TPSA) is 95.7 Å². The van der Waals surface area contributed by atoms with Crippen molar-refractivity contribution in [3.8, 4) is 5.75 Å². The molecular weight excluding hydrogens is 322 g/mol. The molecule has 0 fully saturated rings. The predicted molar refractivity (Wildman–Crippen MR) is 91.5 cm³/mol. The Kier molecular flexibility index (Phi) is 6.03. The molecule has 0 saturated carbocycles. The highest BCUT2D eigenvalue weighted by Gasteiger charge is 2.22. The molecule has 6 nitrogen and oxygen atoms in total. The number of methoxy groups -OCH3 is 1. The van der Waals surface area contributed by atoms with Crippen LogP contribution in [0, 0.1) is 0 Å². The van der Waals surface area contributed by atoms with Crippen LogP contribution in [0.3, 0.4) is 0 Å². The minimum atomic E-state index is -0.814. The van der Waals surface area contributed by atoms with Gasteiger partial charge in [-0.15, -0.1) is 0 Å². The van der Waals surface area contributed by atoms with Gasteiger partial charge in [0.2, 0.25) is 0 Å². The zero-order valence-corrected chi connectivity index (χ0v) is 14.0. The maximum absolute atomic E-state index is 12.6. The number of ether oxygens (including phenoxy) is 2. The highest BCUT2D eigenvalue weighted by molar-refractivity contribution is 6.08. The Morgan fingerprint density at radius 2 is 1.60 bits per heavy atom. The number of rotatable bonds is 6. The van der Waals surface area contributed by atoms with E-state index in [1.807, 2.05) is 0 Å². The summed E-state index contributed by atoms with van der Waals surface area (Å²) in [7, 11) is 1.26. The molecule has 2 rings (SSSR count). The average Bonchev–Trinajstić information content (AvgIpc) is 2.61. The Bertz CT molecular complexity index is 783. The summed E-state index contributed by atoms with van der Waals surface area (Å²) in [6, 6.07) is 12.3. The standard InChI is InChI=1S/C19H19NO5/c1-12(21)25-14-9-7-13(8-10-14)11-17(20)18(22)15-5-3-4-6-16(15)19(23)24-2/h3-10,17H,11,20H2,1-2H3. The number of hydrogen-bond acceptors (Lipinski definition) is 6. The molecule has 6 heteroatoms. The lowest BCUT2D eigenvalue weighted by atomic mass is 9.95. The SMILES string of the molecule is COC(=O)c1ccccc1C(=O)C(N)Cc1ccc(OC(C)=O)cc1. The smallest absolute Gasteiger partial charge is 0.338 e. The Balaban J connectivity index is 2.13. The molecule has 0 radical (unpaired) electrons. The number of nitrogens with two attached hydrogens (primary N) is 1. The number of carbonyl (C=O) groups is 3. The lowest BCUT2D eigenvalue weighted by Gasteiger charge is -2.13. The third-order valence-electron chi connectivity index (χ3n) is 3.58. The summed E-state index contributed by atoms with van der Waals surface area (Å²) in [6.07, 6.45) is 0.286. The number of hydrogen-bond donors (Lipinski definition) is 1. The number of Topliss-reactive ketones (excluding diaryl/α,β-unsaturated/α-hetero) is 1. The summed E-state index contributed by atoms with van der Waals surface area (Å²) >= 11 is 0. The van der Waals surface area contributed by atoms with Gasteiger partial charge in [-0.3, -0.25) is 9.59 Å². The van der Waals surface area contributed by atoms with E-state index in [4.69, 9.17) is 15.2 Å². The van der Waals surface area contributed by atoms with Crippen molar-refractivity contribution in [2.24, 2.45) is 5.73 Å². The molecule has 0 aliphatic carbocycles. The van der Waals surface area contributed by atoms with Crippen molar-refractivity contribution in [1.29, 1.82) is 0 Å². The van der Waals surface area contributed by atoms with Crippen molar-refractivity contribution in [2.45, 2.75) is 19.4 Å². The van der Waals surface area contributed by atoms with Crippen LogP contribution >= 0.6 is 0 Å². The molecule has 2 aromatic rings. The van der Waals surface area contributed by atoms with Crippen LogP contribution in [0.2, 0.25) is 0 Å². The Hall–Kier alpha value is -2.99. The van der Waals surface area contributed by atoms with E-state index in [1.165, 1.54) is 20.1 Å². The third kappa shape index (κ3) is 4.74. The molecule has 2 N–H and O–H groups in total. The molecule has 0 aliphatic heterocycles. The van der Waals surface area contributed by atoms with Crippen LogP contribution in [0.5, 0.6) is 5.75 Å². The van der Waals surface area contributed by atoms with E-state index in [9.17, 15) is 14.4 Å². The van der Waals surface area contributed by atoms with Crippen LogP contribution < -0.4 is 10.5 Å². The maximum Gasteiger partial charge on any atom is 0.338 e. The molecule has 0 amide bonds. The molecule has 0 bridgehead atoms. The molecule has 0 aromatic heterocycles. The van der Waals surface area contributed by atoms with Gasteiger partial charge in [-0.1, -0.05) is 30.3 Å². The first-order valence-corrected chi connectivity index (χ1v) is 7.67. The van der Waals surface area contributed by atoms with Gasteiger partial charge >= 0.3 is 11.9 Å². The zero-order chi connectivity index (χ0) is 18.4. The van der Waals surface area contributed by atoms with Gasteiger partial charge in [0.1, 0.15) is 5.75 Å². The summed E-state index contributed by atoms with van der Waals surface area (Å²) in [5, 5.41) is 0. The molecule has 0 aliphatic rings. The van der Waals surface area contributed by atoms with Gasteiger partial charge in [0.25, 0.3) is 0 Å². The average molecular weight is 341 g/mol. The van der Waals surface area contributed by atoms with E-state index in [0.717, 1.165) is 5.56 Å². The summed E-state index contributed by atoms with van der Waals surface area (Å²) in [5.74, 6) is -0.904. The van der Waals surface area contributed by atoms with Gasteiger partial charge in [0.15, 0.2) is 5.78 Å². The fourth-order valence-corrected chi connectivity index (χ4v) is 2.39. The largest absolute Gasteiger partial charge is 0.465 e. The highest BCUT2D eigenvalue weighted by Crippen LogP contribution is 2.16. The fourth-order valence-electron chi connectivity index (χ4n) is 2.39. The normalized spacial score (nSPS) is 11.5. The molecular formula is C19H19NO5. The van der Waals surface area contributed by atoms with Crippen LogP contribution in [0.15, 0.2) is 48.5 Å². The lowest BCUT2D eigenvalue weighted by Crippen LogP contribution is -2.33. The van der Waals surface area contributed by atoms with E-state index in [0.29, 0.717) is 5.75 Å². The molecule has 0 spiro atoms. The van der Waals surface area contributed by atoms with Crippen molar-refractivity contribution in [2.75, 3.05) is 7.11 Å². The van der Waals surface area contributed by atoms with Crippen LogP contribution in [0.25, 0.3) is 0 Å². The monoisotopic (exact) mass is 341 g/mol. The van der Waals surface area contributed by atoms with Crippen molar-refractivity contribution in [3.63, 3.8) is 0 Å². The summed E-state index contributed by atoms with van der Waals surface area (Å²) in [6.45, 7) is 1.32. The van der Waals surface area contributed by atoms with Crippen LogP contribution in [-0.4, -0.2) is 30.9 Å². The van der Waals surface area contributed by atoms with E-state index in [1.54, 1.807) is 42.5 Å². The van der Waals surface area contributed by atoms with Crippen LogP contribution in [0.4, 0.5) is 0 Å². The molecule has 1 atom stereocenters. The highest BCUT2D eigenvalue weighted by atomic mass is 16.5. The third-order valence-corrected chi connectivity index (χ3v) is 3.58. The second kappa shape index (κ2) is 8.21. The van der Waals surface area contributed by atoms with Gasteiger partial charge < -0.3 is 15.2 Å². The summed E-state index contributed by atoms with van der Waals surface area (Å²) in [4.78, 5) is 35.3. The molecule has 2 aromatic carbocycles. The van der Waals surface area contributed by atoms with E-state index in [2.05, 4.69) is 0 Å². The molecule has 130 valence electrons. The second-order valence-corrected chi connectivity index (χ2v) is 5.45. The second-order valence-electron chi connectivity index (χ2n) is 5.45. The zero-order valence-electron chi connectivity index (χ0n) is 14.0.